The first-order valence-corrected chi connectivity index (χ1v) is 8.15. The van der Waals surface area contributed by atoms with Crippen LogP contribution in [0.1, 0.15) is 6.92 Å². The van der Waals surface area contributed by atoms with E-state index in [1.54, 1.807) is 36.4 Å². The monoisotopic (exact) mass is 388 g/mol. The van der Waals surface area contributed by atoms with Gasteiger partial charge in [-0.15, -0.1) is 0 Å². The van der Waals surface area contributed by atoms with E-state index in [2.05, 4.69) is 16.0 Å². The lowest BCUT2D eigenvalue weighted by atomic mass is 10.2. The minimum Gasteiger partial charge on any atom is -0.360 e. The summed E-state index contributed by atoms with van der Waals surface area (Å²) < 4.78 is 0. The van der Waals surface area contributed by atoms with Crippen molar-refractivity contribution >= 4 is 52.1 Å². The molecule has 2 rings (SSSR count). The van der Waals surface area contributed by atoms with Gasteiger partial charge in [0.15, 0.2) is 0 Å². The highest BCUT2D eigenvalue weighted by molar-refractivity contribution is 6.36. The lowest BCUT2D eigenvalue weighted by molar-refractivity contribution is -0.114. The van der Waals surface area contributed by atoms with E-state index in [1.807, 2.05) is 6.07 Å². The molecule has 0 aliphatic rings. The van der Waals surface area contributed by atoms with Gasteiger partial charge in [-0.05, 0) is 36.4 Å². The first kappa shape index (κ1) is 19.3. The Balaban J connectivity index is 2.11. The summed E-state index contributed by atoms with van der Waals surface area (Å²) in [5.41, 5.74) is 1.38. The van der Waals surface area contributed by atoms with Gasteiger partial charge in [-0.2, -0.15) is 5.26 Å². The van der Waals surface area contributed by atoms with Crippen molar-refractivity contribution in [3.63, 3.8) is 0 Å². The third-order valence-electron chi connectivity index (χ3n) is 3.11. The largest absolute Gasteiger partial charge is 0.360 e. The molecular formula is C18H14Cl2N4O2. The average Bonchev–Trinajstić information content (AvgIpc) is 2.58. The molecule has 6 nitrogen and oxygen atoms in total. The number of halogens is 2. The number of anilines is 3. The van der Waals surface area contributed by atoms with Gasteiger partial charge in [-0.1, -0.05) is 29.3 Å². The maximum absolute atomic E-state index is 12.2. The van der Waals surface area contributed by atoms with E-state index in [4.69, 9.17) is 23.2 Å². The maximum Gasteiger partial charge on any atom is 0.267 e. The van der Waals surface area contributed by atoms with E-state index in [9.17, 15) is 14.9 Å². The van der Waals surface area contributed by atoms with E-state index in [0.29, 0.717) is 22.1 Å². The second kappa shape index (κ2) is 8.90. The Labute approximate surface area is 160 Å². The third-order valence-corrected chi connectivity index (χ3v) is 3.66. The van der Waals surface area contributed by atoms with Crippen LogP contribution in [0.5, 0.6) is 0 Å². The second-order valence-corrected chi connectivity index (χ2v) is 6.00. The van der Waals surface area contributed by atoms with Crippen LogP contribution in [0.3, 0.4) is 0 Å². The Bertz CT molecular complexity index is 920. The fourth-order valence-electron chi connectivity index (χ4n) is 1.97. The van der Waals surface area contributed by atoms with Crippen LogP contribution in [-0.2, 0) is 9.59 Å². The Morgan fingerprint density at radius 1 is 1.08 bits per heavy atom. The van der Waals surface area contributed by atoms with Crippen molar-refractivity contribution in [1.82, 2.24) is 0 Å². The summed E-state index contributed by atoms with van der Waals surface area (Å²) in [4.78, 5) is 23.3. The number of hydrogen-bond acceptors (Lipinski definition) is 4. The lowest BCUT2D eigenvalue weighted by Crippen LogP contribution is -2.14. The van der Waals surface area contributed by atoms with Crippen LogP contribution >= 0.6 is 23.2 Å². The van der Waals surface area contributed by atoms with E-state index in [-0.39, 0.29) is 16.5 Å². The van der Waals surface area contributed by atoms with Crippen molar-refractivity contribution in [3.8, 4) is 6.07 Å². The molecule has 3 N–H and O–H groups in total. The Morgan fingerprint density at radius 3 is 2.46 bits per heavy atom. The van der Waals surface area contributed by atoms with E-state index >= 15 is 0 Å². The molecule has 0 saturated heterocycles. The summed E-state index contributed by atoms with van der Waals surface area (Å²) in [5.74, 6) is -0.822. The molecule has 2 aromatic rings. The number of rotatable bonds is 5. The fourth-order valence-corrected chi connectivity index (χ4v) is 2.43. The predicted octanol–water partition coefficient (Wildman–Crippen LogP) is 4.41. The topological polar surface area (TPSA) is 94.0 Å². The van der Waals surface area contributed by atoms with Gasteiger partial charge < -0.3 is 16.0 Å². The number of carbonyl (C=O) groups is 2. The molecule has 0 unspecified atom stereocenters. The van der Waals surface area contributed by atoms with Crippen LogP contribution in [0.2, 0.25) is 10.0 Å². The molecule has 0 bridgehead atoms. The van der Waals surface area contributed by atoms with Crippen molar-refractivity contribution in [2.24, 2.45) is 0 Å². The summed E-state index contributed by atoms with van der Waals surface area (Å²) in [6.07, 6.45) is 1.27. The van der Waals surface area contributed by atoms with Gasteiger partial charge >= 0.3 is 0 Å². The number of nitrogens with zero attached hydrogens (tertiary/aromatic N) is 1. The highest BCUT2D eigenvalue weighted by Crippen LogP contribution is 2.25. The Kier molecular flexibility index (Phi) is 6.61. The first-order valence-electron chi connectivity index (χ1n) is 7.40. The third kappa shape index (κ3) is 5.52. The van der Waals surface area contributed by atoms with E-state index < -0.39 is 5.91 Å². The van der Waals surface area contributed by atoms with Crippen LogP contribution in [0, 0.1) is 11.3 Å². The van der Waals surface area contributed by atoms with Gasteiger partial charge in [-0.25, -0.2) is 0 Å². The van der Waals surface area contributed by atoms with Gasteiger partial charge in [0.25, 0.3) is 5.91 Å². The van der Waals surface area contributed by atoms with E-state index in [1.165, 1.54) is 19.2 Å². The summed E-state index contributed by atoms with van der Waals surface area (Å²) in [5, 5.41) is 17.9. The normalized spacial score (nSPS) is 10.6. The Morgan fingerprint density at radius 2 is 1.81 bits per heavy atom. The van der Waals surface area contributed by atoms with E-state index in [0.717, 1.165) is 0 Å². The molecule has 132 valence electrons. The van der Waals surface area contributed by atoms with Crippen LogP contribution in [-0.4, -0.2) is 11.8 Å². The molecule has 26 heavy (non-hydrogen) atoms. The SMILES string of the molecule is CC(=O)Nc1cccc(N/C=C(/C#N)C(=O)Nc2ccc(Cl)cc2Cl)c1. The summed E-state index contributed by atoms with van der Waals surface area (Å²) in [6.45, 7) is 1.40. The number of hydrogen-bond donors (Lipinski definition) is 3. The molecule has 2 aromatic carbocycles. The number of amides is 2. The standard InChI is InChI=1S/C18H14Cl2N4O2/c1-11(25)23-15-4-2-3-14(8-15)22-10-12(9-21)18(26)24-17-6-5-13(19)7-16(17)20/h2-8,10,22H,1H3,(H,23,25)(H,24,26)/b12-10-. The van der Waals surface area contributed by atoms with Gasteiger partial charge in [-0.3, -0.25) is 9.59 Å². The van der Waals surface area contributed by atoms with Crippen molar-refractivity contribution in [3.05, 3.63) is 64.3 Å². The predicted molar refractivity (Wildman–Crippen MR) is 103 cm³/mol. The highest BCUT2D eigenvalue weighted by atomic mass is 35.5. The Hall–Kier alpha value is -3.01. The van der Waals surface area contributed by atoms with Crippen LogP contribution in [0.4, 0.5) is 17.1 Å². The van der Waals surface area contributed by atoms with Crippen molar-refractivity contribution < 1.29 is 9.59 Å². The molecule has 0 aliphatic carbocycles. The minimum atomic E-state index is -0.623. The zero-order valence-corrected chi connectivity index (χ0v) is 15.2. The number of nitriles is 1. The zero-order valence-electron chi connectivity index (χ0n) is 13.6. The summed E-state index contributed by atoms with van der Waals surface area (Å²) in [7, 11) is 0. The minimum absolute atomic E-state index is 0.152. The molecule has 0 saturated carbocycles. The molecule has 0 heterocycles. The number of nitrogens with one attached hydrogen (secondary N) is 3. The quantitative estimate of drug-likeness (QED) is 0.522. The molecule has 0 atom stereocenters. The van der Waals surface area contributed by atoms with Gasteiger partial charge in [0.2, 0.25) is 5.91 Å². The first-order chi connectivity index (χ1) is 12.4. The number of benzene rings is 2. The molecule has 0 aromatic heterocycles. The fraction of sp³-hybridized carbons (Fsp3) is 0.0556. The van der Waals surface area contributed by atoms with Gasteiger partial charge in [0.05, 0.1) is 10.7 Å². The molecule has 0 radical (unpaired) electrons. The average molecular weight is 389 g/mol. The maximum atomic E-state index is 12.2. The van der Waals surface area contributed by atoms with Crippen LogP contribution < -0.4 is 16.0 Å². The smallest absolute Gasteiger partial charge is 0.267 e. The molecule has 0 spiro atoms. The van der Waals surface area contributed by atoms with Crippen molar-refractivity contribution in [1.29, 1.82) is 5.26 Å². The molecule has 8 heteroatoms. The van der Waals surface area contributed by atoms with Crippen LogP contribution in [0.15, 0.2) is 54.2 Å². The second-order valence-electron chi connectivity index (χ2n) is 5.15. The molecular weight excluding hydrogens is 375 g/mol. The van der Waals surface area contributed by atoms with Crippen molar-refractivity contribution in [2.45, 2.75) is 6.92 Å². The zero-order chi connectivity index (χ0) is 19.1. The van der Waals surface area contributed by atoms with Gasteiger partial charge in [0.1, 0.15) is 11.6 Å². The van der Waals surface area contributed by atoms with Crippen molar-refractivity contribution in [2.75, 3.05) is 16.0 Å². The summed E-state index contributed by atoms with van der Waals surface area (Å²) in [6, 6.07) is 13.3. The molecule has 0 fully saturated rings. The number of carbonyl (C=O) groups excluding carboxylic acids is 2. The van der Waals surface area contributed by atoms with Gasteiger partial charge in [0, 0.05) is 29.5 Å². The summed E-state index contributed by atoms with van der Waals surface area (Å²) >= 11 is 11.8. The lowest BCUT2D eigenvalue weighted by Gasteiger charge is -2.08. The molecule has 2 amide bonds. The van der Waals surface area contributed by atoms with Crippen LogP contribution in [0.25, 0.3) is 0 Å². The molecule has 0 aliphatic heterocycles. The highest BCUT2D eigenvalue weighted by Gasteiger charge is 2.11.